The minimum absolute atomic E-state index is 0.0746. The van der Waals surface area contributed by atoms with Gasteiger partial charge in [0.05, 0.1) is 6.04 Å². The van der Waals surface area contributed by atoms with Crippen molar-refractivity contribution >= 4 is 23.2 Å². The van der Waals surface area contributed by atoms with Gasteiger partial charge in [-0.15, -0.1) is 0 Å². The number of nitrogen functional groups attached to an aromatic ring is 1. The SMILES string of the molecule is CN(C)CCCc1ccc(N)c2c1C[C@H]1C[C@H]3[C@H](N(C)C)C(O)=C(C(N)=O)C(=O)[C@@]3(O)C(O)=C1C2=O. The molecule has 10 heteroatoms. The molecule has 1 aromatic rings. The Morgan fingerprint density at radius 3 is 2.42 bits per heavy atom. The molecule has 0 aromatic heterocycles. The van der Waals surface area contributed by atoms with Gasteiger partial charge in [0.15, 0.2) is 11.4 Å². The lowest BCUT2D eigenvalue weighted by Gasteiger charge is -2.50. The zero-order valence-corrected chi connectivity index (χ0v) is 21.0. The Morgan fingerprint density at radius 2 is 1.83 bits per heavy atom. The number of benzene rings is 1. The van der Waals surface area contributed by atoms with E-state index in [1.165, 1.54) is 0 Å². The number of aliphatic hydroxyl groups is 3. The van der Waals surface area contributed by atoms with Gasteiger partial charge in [-0.3, -0.25) is 19.3 Å². The summed E-state index contributed by atoms with van der Waals surface area (Å²) in [6.07, 6.45) is 2.13. The smallest absolute Gasteiger partial charge is 0.255 e. The minimum Gasteiger partial charge on any atom is -0.510 e. The van der Waals surface area contributed by atoms with E-state index in [2.05, 4.69) is 4.90 Å². The van der Waals surface area contributed by atoms with E-state index in [0.29, 0.717) is 6.42 Å². The van der Waals surface area contributed by atoms with Crippen LogP contribution in [0.1, 0.15) is 34.3 Å². The Morgan fingerprint density at radius 1 is 1.17 bits per heavy atom. The first-order valence-corrected chi connectivity index (χ1v) is 12.0. The lowest BCUT2D eigenvalue weighted by atomic mass is 9.58. The number of allylic oxidation sites excluding steroid dienone is 1. The maximum absolute atomic E-state index is 13.7. The van der Waals surface area contributed by atoms with E-state index in [9.17, 15) is 29.7 Å². The quantitative estimate of drug-likeness (QED) is 0.277. The van der Waals surface area contributed by atoms with Crippen LogP contribution in [0.3, 0.4) is 0 Å². The van der Waals surface area contributed by atoms with Crippen molar-refractivity contribution in [3.05, 3.63) is 51.5 Å². The number of nitrogens with zero attached hydrogens (tertiary/aromatic N) is 2. The molecule has 4 rings (SSSR count). The van der Waals surface area contributed by atoms with Gasteiger partial charge in [-0.2, -0.15) is 0 Å². The Hall–Kier alpha value is -3.21. The third-order valence-electron chi connectivity index (χ3n) is 7.81. The van der Waals surface area contributed by atoms with Crippen molar-refractivity contribution in [2.24, 2.45) is 17.6 Å². The van der Waals surface area contributed by atoms with Crippen molar-refractivity contribution in [1.82, 2.24) is 9.80 Å². The molecule has 0 radical (unpaired) electrons. The van der Waals surface area contributed by atoms with Crippen LogP contribution in [0.2, 0.25) is 0 Å². The number of anilines is 1. The Kier molecular flexibility index (Phi) is 6.48. The molecule has 0 heterocycles. The number of ketones is 2. The second-order valence-electron chi connectivity index (χ2n) is 10.5. The van der Waals surface area contributed by atoms with Crippen molar-refractivity contribution in [1.29, 1.82) is 0 Å². The third-order valence-corrected chi connectivity index (χ3v) is 7.81. The van der Waals surface area contributed by atoms with Crippen LogP contribution in [-0.2, 0) is 22.4 Å². The number of hydrogen-bond donors (Lipinski definition) is 5. The number of amides is 1. The van der Waals surface area contributed by atoms with Crippen LogP contribution in [0, 0.1) is 11.8 Å². The molecule has 7 N–H and O–H groups in total. The number of primary amides is 1. The standard InChI is InChI=1S/C26H34N4O6/c1-29(2)9-5-6-12-7-8-16(27)18-14(12)10-13-11-15-20(30(3)4)22(32)19(25(28)35)24(34)26(15,36)23(33)17(13)21(18)31/h7-8,13,15,20,32-33,36H,5-6,9-11,27H2,1-4H3,(H2,28,35)/t13-,15-,20-,26-/m0/s1. The fourth-order valence-corrected chi connectivity index (χ4v) is 6.18. The van der Waals surface area contributed by atoms with Gasteiger partial charge in [-0.1, -0.05) is 6.07 Å². The Bertz CT molecular complexity index is 1220. The van der Waals surface area contributed by atoms with Crippen LogP contribution >= 0.6 is 0 Å². The average Bonchev–Trinajstić information content (AvgIpc) is 2.77. The molecule has 0 saturated heterocycles. The predicted octanol–water partition coefficient (Wildman–Crippen LogP) is 0.491. The number of carbonyl (C=O) groups is 3. The molecule has 0 bridgehead atoms. The van der Waals surface area contributed by atoms with Gasteiger partial charge in [0, 0.05) is 22.7 Å². The molecule has 194 valence electrons. The lowest BCUT2D eigenvalue weighted by molar-refractivity contribution is -0.148. The largest absolute Gasteiger partial charge is 0.510 e. The van der Waals surface area contributed by atoms with Gasteiger partial charge >= 0.3 is 0 Å². The summed E-state index contributed by atoms with van der Waals surface area (Å²) in [5.74, 6) is -5.82. The molecule has 3 aliphatic carbocycles. The highest BCUT2D eigenvalue weighted by molar-refractivity contribution is 6.25. The van der Waals surface area contributed by atoms with Crippen molar-refractivity contribution in [3.63, 3.8) is 0 Å². The molecule has 10 nitrogen and oxygen atoms in total. The summed E-state index contributed by atoms with van der Waals surface area (Å²) in [7, 11) is 7.23. The molecule has 0 aliphatic heterocycles. The second kappa shape index (κ2) is 9.02. The Balaban J connectivity index is 1.86. The van der Waals surface area contributed by atoms with E-state index in [4.69, 9.17) is 11.5 Å². The Labute approximate surface area is 209 Å². The summed E-state index contributed by atoms with van der Waals surface area (Å²) in [5.41, 5.74) is 10.5. The molecule has 1 amide bonds. The zero-order valence-electron chi connectivity index (χ0n) is 21.0. The summed E-state index contributed by atoms with van der Waals surface area (Å²) in [6, 6.07) is 2.61. The molecule has 4 atom stereocenters. The van der Waals surface area contributed by atoms with E-state index < -0.39 is 58.0 Å². The topological polar surface area (TPSA) is 170 Å². The van der Waals surface area contributed by atoms with Crippen molar-refractivity contribution in [2.45, 2.75) is 37.3 Å². The van der Waals surface area contributed by atoms with Crippen LogP contribution in [0.5, 0.6) is 0 Å². The summed E-state index contributed by atoms with van der Waals surface area (Å²) >= 11 is 0. The van der Waals surface area contributed by atoms with Gasteiger partial charge in [0.25, 0.3) is 5.91 Å². The summed E-state index contributed by atoms with van der Waals surface area (Å²) in [6.45, 7) is 0.873. The van der Waals surface area contributed by atoms with Crippen LogP contribution in [-0.4, -0.2) is 89.0 Å². The first kappa shape index (κ1) is 25.9. The van der Waals surface area contributed by atoms with E-state index in [1.54, 1.807) is 25.1 Å². The molecule has 0 saturated carbocycles. The van der Waals surface area contributed by atoms with Gasteiger partial charge < -0.3 is 31.7 Å². The fourth-order valence-electron chi connectivity index (χ4n) is 6.18. The highest BCUT2D eigenvalue weighted by atomic mass is 16.3. The zero-order chi connectivity index (χ0) is 26.7. The van der Waals surface area contributed by atoms with Crippen LogP contribution < -0.4 is 11.5 Å². The first-order valence-electron chi connectivity index (χ1n) is 12.0. The highest BCUT2D eigenvalue weighted by Crippen LogP contribution is 2.52. The summed E-state index contributed by atoms with van der Waals surface area (Å²) in [4.78, 5) is 42.8. The summed E-state index contributed by atoms with van der Waals surface area (Å²) in [5, 5.41) is 33.8. The van der Waals surface area contributed by atoms with Gasteiger partial charge in [0.2, 0.25) is 5.78 Å². The maximum atomic E-state index is 13.7. The lowest BCUT2D eigenvalue weighted by Crippen LogP contribution is -2.63. The van der Waals surface area contributed by atoms with E-state index >= 15 is 0 Å². The molecule has 3 aliphatic rings. The number of fused-ring (bicyclic) bond motifs is 3. The minimum atomic E-state index is -2.58. The number of rotatable bonds is 6. The van der Waals surface area contributed by atoms with E-state index in [1.807, 2.05) is 20.2 Å². The number of nitrogens with two attached hydrogens (primary N) is 2. The number of Topliss-reactive ketones (excluding diaryl/α,β-unsaturated/α-hetero) is 2. The predicted molar refractivity (Wildman–Crippen MR) is 133 cm³/mol. The fraction of sp³-hybridized carbons (Fsp3) is 0.500. The molecule has 0 spiro atoms. The van der Waals surface area contributed by atoms with Crippen LogP contribution in [0.25, 0.3) is 0 Å². The number of likely N-dealkylation sites (N-methyl/N-ethyl adjacent to an activating group) is 1. The monoisotopic (exact) mass is 498 g/mol. The van der Waals surface area contributed by atoms with Gasteiger partial charge in [0.1, 0.15) is 17.1 Å². The highest BCUT2D eigenvalue weighted by Gasteiger charge is 2.63. The molecule has 1 aromatic carbocycles. The second-order valence-corrected chi connectivity index (χ2v) is 10.5. The van der Waals surface area contributed by atoms with Crippen LogP contribution in [0.15, 0.2) is 34.8 Å². The molecule has 36 heavy (non-hydrogen) atoms. The van der Waals surface area contributed by atoms with Crippen molar-refractivity contribution in [3.8, 4) is 0 Å². The van der Waals surface area contributed by atoms with Crippen molar-refractivity contribution < 1.29 is 29.7 Å². The molecule has 0 unspecified atom stereocenters. The first-order chi connectivity index (χ1) is 16.8. The van der Waals surface area contributed by atoms with Crippen LogP contribution in [0.4, 0.5) is 5.69 Å². The number of aryl methyl sites for hydroxylation is 1. The normalized spacial score (nSPS) is 27.9. The average molecular weight is 499 g/mol. The van der Waals surface area contributed by atoms with Crippen molar-refractivity contribution in [2.75, 3.05) is 40.5 Å². The molecular weight excluding hydrogens is 464 g/mol. The van der Waals surface area contributed by atoms with E-state index in [0.717, 1.165) is 30.5 Å². The third kappa shape index (κ3) is 3.71. The molecule has 0 fully saturated rings. The number of carbonyl (C=O) groups excluding carboxylic acids is 3. The summed E-state index contributed by atoms with van der Waals surface area (Å²) < 4.78 is 0. The van der Waals surface area contributed by atoms with Gasteiger partial charge in [-0.25, -0.2) is 0 Å². The van der Waals surface area contributed by atoms with Gasteiger partial charge in [-0.05, 0) is 83.5 Å². The van der Waals surface area contributed by atoms with E-state index in [-0.39, 0.29) is 23.2 Å². The number of hydrogen-bond acceptors (Lipinski definition) is 9. The maximum Gasteiger partial charge on any atom is 0.255 e. The number of aliphatic hydroxyl groups excluding tert-OH is 2. The molecular formula is C26H34N4O6.